The number of anilines is 1. The first-order valence-corrected chi connectivity index (χ1v) is 6.55. The van der Waals surface area contributed by atoms with E-state index in [2.05, 4.69) is 5.32 Å². The highest BCUT2D eigenvalue weighted by Crippen LogP contribution is 2.25. The summed E-state index contributed by atoms with van der Waals surface area (Å²) in [6.07, 6.45) is 0.0848. The number of benzene rings is 2. The summed E-state index contributed by atoms with van der Waals surface area (Å²) in [6, 6.07) is 10.7. The van der Waals surface area contributed by atoms with Gasteiger partial charge in [0.1, 0.15) is 0 Å². The first-order chi connectivity index (χ1) is 9.99. The molecule has 1 unspecified atom stereocenters. The van der Waals surface area contributed by atoms with Gasteiger partial charge in [-0.3, -0.25) is 4.79 Å². The van der Waals surface area contributed by atoms with E-state index in [-0.39, 0.29) is 12.0 Å². The lowest BCUT2D eigenvalue weighted by Crippen LogP contribution is -2.16. The Hall–Kier alpha value is -2.43. The molecule has 0 aliphatic heterocycles. The fourth-order valence-corrected chi connectivity index (χ4v) is 2.17. The summed E-state index contributed by atoms with van der Waals surface area (Å²) in [5, 5.41) is 3.09. The third-order valence-corrected chi connectivity index (χ3v) is 3.20. The molecule has 2 rings (SSSR count). The van der Waals surface area contributed by atoms with Crippen molar-refractivity contribution in [2.75, 3.05) is 5.32 Å². The van der Waals surface area contributed by atoms with E-state index in [0.717, 1.165) is 6.07 Å². The monoisotopic (exact) mass is 290 g/mol. The highest BCUT2D eigenvalue weighted by Gasteiger charge is 2.15. The van der Waals surface area contributed by atoms with E-state index in [0.29, 0.717) is 11.3 Å². The normalized spacial score (nSPS) is 12.0. The molecule has 110 valence electrons. The van der Waals surface area contributed by atoms with Crippen molar-refractivity contribution in [3.05, 3.63) is 65.2 Å². The van der Waals surface area contributed by atoms with E-state index in [1.54, 1.807) is 31.2 Å². The van der Waals surface area contributed by atoms with E-state index in [4.69, 9.17) is 5.73 Å². The van der Waals surface area contributed by atoms with Gasteiger partial charge >= 0.3 is 0 Å². The maximum atomic E-state index is 13.8. The van der Waals surface area contributed by atoms with Crippen LogP contribution in [0.25, 0.3) is 0 Å². The lowest BCUT2D eigenvalue weighted by atomic mass is 10.0. The van der Waals surface area contributed by atoms with Crippen LogP contribution in [0, 0.1) is 11.6 Å². The SMILES string of the molecule is CC(Nc1ccccc1CC(N)=O)c1cccc(F)c1F. The van der Waals surface area contributed by atoms with Crippen LogP contribution in [0.5, 0.6) is 0 Å². The van der Waals surface area contributed by atoms with Crippen LogP contribution in [0.2, 0.25) is 0 Å². The smallest absolute Gasteiger partial charge is 0.221 e. The van der Waals surface area contributed by atoms with Crippen molar-refractivity contribution in [3.63, 3.8) is 0 Å². The predicted octanol–water partition coefficient (Wildman–Crippen LogP) is 3.17. The summed E-state index contributed by atoms with van der Waals surface area (Å²) in [4.78, 5) is 11.1. The summed E-state index contributed by atoms with van der Waals surface area (Å²) in [7, 11) is 0. The van der Waals surface area contributed by atoms with Gasteiger partial charge in [-0.15, -0.1) is 0 Å². The standard InChI is InChI=1S/C16H16F2N2O/c1-10(12-6-4-7-13(17)16(12)18)20-14-8-3-2-5-11(14)9-15(19)21/h2-8,10,20H,9H2,1H3,(H2,19,21). The van der Waals surface area contributed by atoms with E-state index in [1.165, 1.54) is 12.1 Å². The zero-order valence-electron chi connectivity index (χ0n) is 11.6. The molecule has 1 amide bonds. The lowest BCUT2D eigenvalue weighted by molar-refractivity contribution is -0.117. The molecule has 0 radical (unpaired) electrons. The summed E-state index contributed by atoms with van der Waals surface area (Å²) < 4.78 is 27.0. The minimum absolute atomic E-state index is 0.0848. The number of nitrogens with two attached hydrogens (primary N) is 1. The van der Waals surface area contributed by atoms with Crippen LogP contribution in [0.3, 0.4) is 0 Å². The van der Waals surface area contributed by atoms with Gasteiger partial charge in [0.15, 0.2) is 11.6 Å². The van der Waals surface area contributed by atoms with Gasteiger partial charge in [-0.05, 0) is 24.6 Å². The van der Waals surface area contributed by atoms with Crippen LogP contribution in [-0.2, 0) is 11.2 Å². The molecule has 0 aromatic heterocycles. The number of carbonyl (C=O) groups is 1. The zero-order chi connectivity index (χ0) is 15.4. The summed E-state index contributed by atoms with van der Waals surface area (Å²) in [5.74, 6) is -2.20. The van der Waals surface area contributed by atoms with Gasteiger partial charge in [0.05, 0.1) is 12.5 Å². The Labute approximate surface area is 121 Å². The third kappa shape index (κ3) is 3.56. The molecule has 1 atom stereocenters. The number of rotatable bonds is 5. The average molecular weight is 290 g/mol. The molecule has 0 saturated carbocycles. The molecule has 21 heavy (non-hydrogen) atoms. The largest absolute Gasteiger partial charge is 0.378 e. The minimum atomic E-state index is -0.883. The van der Waals surface area contributed by atoms with Gasteiger partial charge in [-0.2, -0.15) is 0 Å². The Bertz CT molecular complexity index is 658. The average Bonchev–Trinajstić information content (AvgIpc) is 2.43. The molecule has 0 saturated heterocycles. The Balaban J connectivity index is 2.25. The Morgan fingerprint density at radius 2 is 1.90 bits per heavy atom. The molecule has 0 heterocycles. The number of nitrogens with one attached hydrogen (secondary N) is 1. The Kier molecular flexibility index (Phi) is 4.52. The number of carbonyl (C=O) groups excluding carboxylic acids is 1. The second-order valence-electron chi connectivity index (χ2n) is 4.81. The van der Waals surface area contributed by atoms with Crippen molar-refractivity contribution < 1.29 is 13.6 Å². The van der Waals surface area contributed by atoms with Crippen LogP contribution in [0.15, 0.2) is 42.5 Å². The summed E-state index contributed by atoms with van der Waals surface area (Å²) >= 11 is 0. The maximum absolute atomic E-state index is 13.8. The van der Waals surface area contributed by atoms with E-state index in [1.807, 2.05) is 0 Å². The van der Waals surface area contributed by atoms with Crippen LogP contribution in [0.4, 0.5) is 14.5 Å². The van der Waals surface area contributed by atoms with Crippen molar-refractivity contribution in [3.8, 4) is 0 Å². The molecule has 0 fully saturated rings. The van der Waals surface area contributed by atoms with Crippen LogP contribution in [0.1, 0.15) is 24.1 Å². The van der Waals surface area contributed by atoms with E-state index < -0.39 is 23.6 Å². The van der Waals surface area contributed by atoms with Crippen molar-refractivity contribution in [1.82, 2.24) is 0 Å². The fraction of sp³-hybridized carbons (Fsp3) is 0.188. The third-order valence-electron chi connectivity index (χ3n) is 3.20. The zero-order valence-corrected chi connectivity index (χ0v) is 11.6. The molecule has 0 spiro atoms. The number of amides is 1. The Morgan fingerprint density at radius 3 is 2.62 bits per heavy atom. The van der Waals surface area contributed by atoms with Crippen molar-refractivity contribution in [1.29, 1.82) is 0 Å². The van der Waals surface area contributed by atoms with E-state index >= 15 is 0 Å². The van der Waals surface area contributed by atoms with Crippen molar-refractivity contribution in [2.24, 2.45) is 5.73 Å². The number of primary amides is 1. The first-order valence-electron chi connectivity index (χ1n) is 6.55. The molecular formula is C16H16F2N2O. The van der Waals surface area contributed by atoms with Crippen LogP contribution in [-0.4, -0.2) is 5.91 Å². The van der Waals surface area contributed by atoms with Gasteiger partial charge in [0.2, 0.25) is 5.91 Å². The maximum Gasteiger partial charge on any atom is 0.221 e. The molecular weight excluding hydrogens is 274 g/mol. The van der Waals surface area contributed by atoms with Gasteiger partial charge in [-0.1, -0.05) is 30.3 Å². The predicted molar refractivity (Wildman–Crippen MR) is 77.7 cm³/mol. The van der Waals surface area contributed by atoms with Crippen molar-refractivity contribution in [2.45, 2.75) is 19.4 Å². The fourth-order valence-electron chi connectivity index (χ4n) is 2.17. The minimum Gasteiger partial charge on any atom is -0.378 e. The molecule has 0 aliphatic carbocycles. The molecule has 5 heteroatoms. The van der Waals surface area contributed by atoms with Crippen LogP contribution < -0.4 is 11.1 Å². The molecule has 0 bridgehead atoms. The van der Waals surface area contributed by atoms with Crippen LogP contribution >= 0.6 is 0 Å². The summed E-state index contributed by atoms with van der Waals surface area (Å²) in [6.45, 7) is 1.72. The molecule has 3 N–H and O–H groups in total. The number of halogens is 2. The quantitative estimate of drug-likeness (QED) is 0.888. The highest BCUT2D eigenvalue weighted by atomic mass is 19.2. The molecule has 2 aromatic rings. The molecule has 0 aliphatic rings. The highest BCUT2D eigenvalue weighted by molar-refractivity contribution is 5.78. The second kappa shape index (κ2) is 6.35. The van der Waals surface area contributed by atoms with Gasteiger partial charge < -0.3 is 11.1 Å². The van der Waals surface area contributed by atoms with E-state index in [9.17, 15) is 13.6 Å². The lowest BCUT2D eigenvalue weighted by Gasteiger charge is -2.19. The topological polar surface area (TPSA) is 55.1 Å². The van der Waals surface area contributed by atoms with Gasteiger partial charge in [-0.25, -0.2) is 8.78 Å². The van der Waals surface area contributed by atoms with Gasteiger partial charge in [0, 0.05) is 11.3 Å². The molecule has 2 aromatic carbocycles. The number of hydrogen-bond acceptors (Lipinski definition) is 2. The first kappa shape index (κ1) is 15.0. The Morgan fingerprint density at radius 1 is 1.19 bits per heavy atom. The van der Waals surface area contributed by atoms with Gasteiger partial charge in [0.25, 0.3) is 0 Å². The summed E-state index contributed by atoms with van der Waals surface area (Å²) in [5.41, 5.74) is 6.82. The van der Waals surface area contributed by atoms with Crippen molar-refractivity contribution >= 4 is 11.6 Å². The molecule has 3 nitrogen and oxygen atoms in total. The second-order valence-corrected chi connectivity index (χ2v) is 4.81. The number of hydrogen-bond donors (Lipinski definition) is 2. The number of para-hydroxylation sites is 1.